The summed E-state index contributed by atoms with van der Waals surface area (Å²) in [5, 5.41) is 0. The van der Waals surface area contributed by atoms with Gasteiger partial charge in [-0.25, -0.2) is 4.98 Å². The molecule has 2 heterocycles. The molecule has 2 aliphatic rings. The molecule has 1 atom stereocenters. The van der Waals surface area contributed by atoms with Crippen molar-refractivity contribution in [3.8, 4) is 5.88 Å². The Morgan fingerprint density at radius 1 is 1.16 bits per heavy atom. The van der Waals surface area contributed by atoms with Gasteiger partial charge >= 0.3 is 0 Å². The van der Waals surface area contributed by atoms with Crippen molar-refractivity contribution in [3.05, 3.63) is 47.7 Å². The van der Waals surface area contributed by atoms with Crippen LogP contribution >= 0.6 is 0 Å². The van der Waals surface area contributed by atoms with Crippen molar-refractivity contribution in [2.45, 2.75) is 44.9 Å². The average Bonchev–Trinajstić information content (AvgIpc) is 3.37. The number of hydrogen-bond donors (Lipinski definition) is 0. The molecule has 1 aliphatic carbocycles. The highest BCUT2D eigenvalue weighted by atomic mass is 16.5. The Morgan fingerprint density at radius 3 is 2.72 bits per heavy atom. The minimum absolute atomic E-state index is 0.490. The van der Waals surface area contributed by atoms with Gasteiger partial charge in [-0.2, -0.15) is 4.98 Å². The van der Waals surface area contributed by atoms with Gasteiger partial charge in [0.25, 0.3) is 0 Å². The molecule has 0 bridgehead atoms. The topological polar surface area (TPSA) is 41.5 Å². The van der Waals surface area contributed by atoms with Gasteiger partial charge in [-0.15, -0.1) is 0 Å². The first-order valence-corrected chi connectivity index (χ1v) is 9.18. The Hall–Kier alpha value is -2.14. The lowest BCUT2D eigenvalue weighted by Crippen LogP contribution is -2.36. The second-order valence-corrected chi connectivity index (χ2v) is 7.20. The summed E-state index contributed by atoms with van der Waals surface area (Å²) in [4.78, 5) is 14.1. The monoisotopic (exact) mass is 338 g/mol. The second kappa shape index (κ2) is 7.00. The number of likely N-dealkylation sites (N-methyl/N-ethyl adjacent to an activating group) is 1. The molecule has 1 aliphatic heterocycles. The number of ether oxygens (including phenoxy) is 1. The van der Waals surface area contributed by atoms with Gasteiger partial charge in [-0.3, -0.25) is 4.90 Å². The zero-order valence-electron chi connectivity index (χ0n) is 15.1. The molecule has 0 amide bonds. The molecule has 0 spiro atoms. The highest BCUT2D eigenvalue weighted by molar-refractivity contribution is 5.35. The van der Waals surface area contributed by atoms with Gasteiger partial charge in [0.15, 0.2) is 0 Å². The third-order valence-corrected chi connectivity index (χ3v) is 5.17. The maximum Gasteiger partial charge on any atom is 0.228 e. The number of rotatable bonds is 6. The van der Waals surface area contributed by atoms with Crippen molar-refractivity contribution in [2.24, 2.45) is 0 Å². The molecule has 1 aromatic heterocycles. The minimum atomic E-state index is 0.490. The van der Waals surface area contributed by atoms with E-state index in [0.717, 1.165) is 29.8 Å². The Morgan fingerprint density at radius 2 is 1.96 bits per heavy atom. The Bertz CT molecular complexity index is 717. The molecule has 5 nitrogen and oxygen atoms in total. The van der Waals surface area contributed by atoms with E-state index in [1.54, 1.807) is 0 Å². The van der Waals surface area contributed by atoms with Gasteiger partial charge in [0.05, 0.1) is 0 Å². The maximum atomic E-state index is 5.91. The molecule has 2 aromatic rings. The number of aryl methyl sites for hydroxylation is 1. The molecule has 0 N–H and O–H groups in total. The molecule has 1 unspecified atom stereocenters. The van der Waals surface area contributed by atoms with E-state index in [9.17, 15) is 0 Å². The lowest BCUT2D eigenvalue weighted by atomic mass is 10.2. The number of anilines is 1. The van der Waals surface area contributed by atoms with Crippen molar-refractivity contribution in [1.82, 2.24) is 14.9 Å². The molecular formula is C20H26N4O. The van der Waals surface area contributed by atoms with Crippen molar-refractivity contribution >= 4 is 5.95 Å². The molecule has 0 radical (unpaired) electrons. The van der Waals surface area contributed by atoms with Crippen LogP contribution in [0.2, 0.25) is 0 Å². The summed E-state index contributed by atoms with van der Waals surface area (Å²) < 4.78 is 5.91. The van der Waals surface area contributed by atoms with Crippen molar-refractivity contribution in [2.75, 3.05) is 25.0 Å². The quantitative estimate of drug-likeness (QED) is 0.810. The van der Waals surface area contributed by atoms with Crippen molar-refractivity contribution in [1.29, 1.82) is 0 Å². The molecular weight excluding hydrogens is 312 g/mol. The number of hydrogen-bond acceptors (Lipinski definition) is 5. The fourth-order valence-electron chi connectivity index (χ4n) is 3.51. The van der Waals surface area contributed by atoms with Crippen LogP contribution in [-0.2, 0) is 6.61 Å². The lowest BCUT2D eigenvalue weighted by molar-refractivity contribution is 0.292. The summed E-state index contributed by atoms with van der Waals surface area (Å²) in [6.07, 6.45) is 3.92. The molecule has 1 saturated carbocycles. The summed E-state index contributed by atoms with van der Waals surface area (Å²) in [7, 11) is 2.11. The highest BCUT2D eigenvalue weighted by Gasteiger charge is 2.36. The van der Waals surface area contributed by atoms with Crippen LogP contribution < -0.4 is 9.64 Å². The number of likely N-dealkylation sites (tertiary alicyclic amines) is 1. The van der Waals surface area contributed by atoms with Crippen LogP contribution in [0.5, 0.6) is 5.88 Å². The number of aromatic nitrogens is 2. The summed E-state index contributed by atoms with van der Waals surface area (Å²) in [5.74, 6) is 1.42. The molecule has 2 fully saturated rings. The van der Waals surface area contributed by atoms with E-state index >= 15 is 0 Å². The van der Waals surface area contributed by atoms with Crippen molar-refractivity contribution in [3.63, 3.8) is 0 Å². The molecule has 4 rings (SSSR count). The first-order chi connectivity index (χ1) is 12.2. The minimum Gasteiger partial charge on any atom is -0.473 e. The van der Waals surface area contributed by atoms with Crippen LogP contribution in [0.15, 0.2) is 36.4 Å². The fourth-order valence-corrected chi connectivity index (χ4v) is 3.51. The average molecular weight is 338 g/mol. The van der Waals surface area contributed by atoms with E-state index in [4.69, 9.17) is 4.74 Å². The standard InChI is InChI=1S/C20H26N4O/c1-15-12-19(25-14-16-6-4-3-5-7-16)22-20(21-15)23(2)18-10-11-24(13-18)17-8-9-17/h3-7,12,17-18H,8-11,13-14H2,1-2H3. The first-order valence-electron chi connectivity index (χ1n) is 9.18. The molecule has 5 heteroatoms. The Kier molecular flexibility index (Phi) is 4.57. The van der Waals surface area contributed by atoms with E-state index in [2.05, 4.69) is 38.9 Å². The first kappa shape index (κ1) is 16.3. The molecule has 1 saturated heterocycles. The SMILES string of the molecule is Cc1cc(OCc2ccccc2)nc(N(C)C2CCN(C3CC3)C2)n1. The maximum absolute atomic E-state index is 5.91. The van der Waals surface area contributed by atoms with E-state index in [1.807, 2.05) is 31.2 Å². The Balaban J connectivity index is 1.43. The van der Waals surface area contributed by atoms with Gasteiger partial charge in [0.2, 0.25) is 11.8 Å². The van der Waals surface area contributed by atoms with Crippen LogP contribution in [0.4, 0.5) is 5.95 Å². The van der Waals surface area contributed by atoms with Crippen LogP contribution in [0.3, 0.4) is 0 Å². The number of nitrogens with zero attached hydrogens (tertiary/aromatic N) is 4. The third-order valence-electron chi connectivity index (χ3n) is 5.17. The summed E-state index contributed by atoms with van der Waals surface area (Å²) in [6, 6.07) is 13.4. The second-order valence-electron chi connectivity index (χ2n) is 7.20. The zero-order valence-corrected chi connectivity index (χ0v) is 15.1. The number of benzene rings is 1. The van der Waals surface area contributed by atoms with Crippen LogP contribution in [0.25, 0.3) is 0 Å². The van der Waals surface area contributed by atoms with Gasteiger partial charge in [0, 0.05) is 44.0 Å². The van der Waals surface area contributed by atoms with Gasteiger partial charge in [-0.05, 0) is 31.7 Å². The smallest absolute Gasteiger partial charge is 0.228 e. The van der Waals surface area contributed by atoms with Gasteiger partial charge in [-0.1, -0.05) is 30.3 Å². The van der Waals surface area contributed by atoms with Crippen molar-refractivity contribution < 1.29 is 4.74 Å². The normalized spacial score (nSPS) is 20.6. The predicted octanol–water partition coefficient (Wildman–Crippen LogP) is 3.04. The summed E-state index contributed by atoms with van der Waals surface area (Å²) in [5.41, 5.74) is 2.08. The molecule has 1 aromatic carbocycles. The summed E-state index contributed by atoms with van der Waals surface area (Å²) >= 11 is 0. The largest absolute Gasteiger partial charge is 0.473 e. The van der Waals surface area contributed by atoms with Gasteiger partial charge in [0.1, 0.15) is 6.61 Å². The highest BCUT2D eigenvalue weighted by Crippen LogP contribution is 2.31. The summed E-state index contributed by atoms with van der Waals surface area (Å²) in [6.45, 7) is 4.85. The zero-order chi connectivity index (χ0) is 17.2. The lowest BCUT2D eigenvalue weighted by Gasteiger charge is -2.25. The Labute approximate surface area is 149 Å². The van der Waals surface area contributed by atoms with Crippen LogP contribution in [0, 0.1) is 6.92 Å². The van der Waals surface area contributed by atoms with Crippen LogP contribution in [0.1, 0.15) is 30.5 Å². The van der Waals surface area contributed by atoms with E-state index < -0.39 is 0 Å². The van der Waals surface area contributed by atoms with Gasteiger partial charge < -0.3 is 9.64 Å². The van der Waals surface area contributed by atoms with E-state index in [1.165, 1.54) is 25.8 Å². The fraction of sp³-hybridized carbons (Fsp3) is 0.500. The molecule has 25 heavy (non-hydrogen) atoms. The third kappa shape index (κ3) is 3.93. The van der Waals surface area contributed by atoms with Crippen LogP contribution in [-0.4, -0.2) is 47.1 Å². The molecule has 132 valence electrons. The van der Waals surface area contributed by atoms with E-state index in [-0.39, 0.29) is 0 Å². The van der Waals surface area contributed by atoms with E-state index in [0.29, 0.717) is 18.5 Å². The predicted molar refractivity (Wildman–Crippen MR) is 98.9 cm³/mol.